The van der Waals surface area contributed by atoms with Crippen LogP contribution in [0.3, 0.4) is 0 Å². The summed E-state index contributed by atoms with van der Waals surface area (Å²) in [5.41, 5.74) is 0. The molecule has 6 nitrogen and oxygen atoms in total. The lowest BCUT2D eigenvalue weighted by molar-refractivity contribution is -0.148. The average Bonchev–Trinajstić information content (AvgIpc) is 2.77. The van der Waals surface area contributed by atoms with Gasteiger partial charge in [-0.1, -0.05) is 6.92 Å². The molecule has 1 aromatic rings. The summed E-state index contributed by atoms with van der Waals surface area (Å²) in [6, 6.07) is -0.782. The maximum atomic E-state index is 12.0. The molecular formula is C12H17N3O3. The minimum atomic E-state index is -0.451. The Hall–Kier alpha value is -1.85. The Morgan fingerprint density at radius 2 is 2.33 bits per heavy atom. The van der Waals surface area contributed by atoms with Crippen molar-refractivity contribution in [2.75, 3.05) is 6.54 Å². The summed E-state index contributed by atoms with van der Waals surface area (Å²) in [7, 11) is 0. The minimum absolute atomic E-state index is 0.0410. The second kappa shape index (κ2) is 4.80. The van der Waals surface area contributed by atoms with Crippen molar-refractivity contribution in [1.82, 2.24) is 15.2 Å². The lowest BCUT2D eigenvalue weighted by atomic mass is 10.1. The van der Waals surface area contributed by atoms with Crippen LogP contribution in [0.5, 0.6) is 0 Å². The van der Waals surface area contributed by atoms with E-state index in [4.69, 9.17) is 4.42 Å². The van der Waals surface area contributed by atoms with E-state index in [1.165, 1.54) is 0 Å². The fourth-order valence-corrected chi connectivity index (χ4v) is 2.22. The quantitative estimate of drug-likeness (QED) is 0.861. The van der Waals surface area contributed by atoms with Gasteiger partial charge in [0.2, 0.25) is 17.7 Å². The zero-order chi connectivity index (χ0) is 13.3. The molecule has 1 N–H and O–H groups in total. The van der Waals surface area contributed by atoms with Crippen molar-refractivity contribution in [3.8, 4) is 0 Å². The van der Waals surface area contributed by atoms with Crippen LogP contribution in [0.2, 0.25) is 0 Å². The van der Waals surface area contributed by atoms with Crippen molar-refractivity contribution in [2.24, 2.45) is 0 Å². The van der Waals surface area contributed by atoms with Crippen LogP contribution < -0.4 is 5.32 Å². The molecule has 18 heavy (non-hydrogen) atoms. The summed E-state index contributed by atoms with van der Waals surface area (Å²) < 4.78 is 5.44. The molecule has 0 saturated carbocycles. The number of oxazole rings is 1. The van der Waals surface area contributed by atoms with Crippen molar-refractivity contribution in [3.05, 3.63) is 17.8 Å². The monoisotopic (exact) mass is 251 g/mol. The molecule has 2 amide bonds. The first-order valence-corrected chi connectivity index (χ1v) is 6.05. The molecule has 1 aliphatic rings. The summed E-state index contributed by atoms with van der Waals surface area (Å²) in [6.07, 6.45) is 2.18. The number of rotatable bonds is 3. The number of hydrogen-bond donors (Lipinski definition) is 1. The highest BCUT2D eigenvalue weighted by Crippen LogP contribution is 2.25. The predicted molar refractivity (Wildman–Crippen MR) is 63.6 cm³/mol. The molecule has 2 heterocycles. The van der Waals surface area contributed by atoms with Crippen LogP contribution in [0.1, 0.15) is 38.0 Å². The topological polar surface area (TPSA) is 75.4 Å². The first-order chi connectivity index (χ1) is 8.54. The average molecular weight is 251 g/mol. The first-order valence-electron chi connectivity index (χ1n) is 6.05. The van der Waals surface area contributed by atoms with Crippen LogP contribution in [-0.4, -0.2) is 34.3 Å². The second-order valence-corrected chi connectivity index (χ2v) is 4.43. The van der Waals surface area contributed by atoms with Crippen molar-refractivity contribution in [2.45, 2.75) is 39.3 Å². The SMILES string of the molecule is CCC1C(=O)NCC(=O)N1C(C)c1ncc(C)o1. The van der Waals surface area contributed by atoms with Crippen LogP contribution in [0, 0.1) is 6.92 Å². The normalized spacial score (nSPS) is 21.9. The Morgan fingerprint density at radius 3 is 2.89 bits per heavy atom. The Balaban J connectivity index is 2.27. The van der Waals surface area contributed by atoms with E-state index in [1.54, 1.807) is 18.0 Å². The van der Waals surface area contributed by atoms with E-state index in [0.29, 0.717) is 18.1 Å². The van der Waals surface area contributed by atoms with Gasteiger partial charge in [-0.3, -0.25) is 9.59 Å². The van der Waals surface area contributed by atoms with E-state index in [9.17, 15) is 9.59 Å². The number of nitrogens with one attached hydrogen (secondary N) is 1. The lowest BCUT2D eigenvalue weighted by Crippen LogP contribution is -2.58. The number of aromatic nitrogens is 1. The van der Waals surface area contributed by atoms with E-state index in [0.717, 1.165) is 0 Å². The number of piperazine rings is 1. The minimum Gasteiger partial charge on any atom is -0.444 e. The molecule has 98 valence electrons. The zero-order valence-corrected chi connectivity index (χ0v) is 10.8. The summed E-state index contributed by atoms with van der Waals surface area (Å²) in [5.74, 6) is 0.935. The summed E-state index contributed by atoms with van der Waals surface area (Å²) >= 11 is 0. The van der Waals surface area contributed by atoms with Gasteiger partial charge in [0.1, 0.15) is 17.8 Å². The van der Waals surface area contributed by atoms with Crippen LogP contribution >= 0.6 is 0 Å². The number of hydrogen-bond acceptors (Lipinski definition) is 4. The highest BCUT2D eigenvalue weighted by Gasteiger charge is 2.38. The van der Waals surface area contributed by atoms with Crippen molar-refractivity contribution < 1.29 is 14.0 Å². The highest BCUT2D eigenvalue weighted by atomic mass is 16.4. The molecule has 1 aromatic heterocycles. The van der Waals surface area contributed by atoms with Gasteiger partial charge in [-0.15, -0.1) is 0 Å². The zero-order valence-electron chi connectivity index (χ0n) is 10.8. The largest absolute Gasteiger partial charge is 0.444 e. The van der Waals surface area contributed by atoms with Gasteiger partial charge >= 0.3 is 0 Å². The maximum absolute atomic E-state index is 12.0. The summed E-state index contributed by atoms with van der Waals surface area (Å²) in [4.78, 5) is 29.4. The predicted octanol–water partition coefficient (Wildman–Crippen LogP) is 0.781. The molecule has 0 aliphatic carbocycles. The number of aryl methyl sites for hydroxylation is 1. The van der Waals surface area contributed by atoms with E-state index in [2.05, 4.69) is 10.3 Å². The fourth-order valence-electron chi connectivity index (χ4n) is 2.22. The third kappa shape index (κ3) is 2.10. The number of carbonyl (C=O) groups is 2. The van der Waals surface area contributed by atoms with E-state index in [-0.39, 0.29) is 24.4 Å². The lowest BCUT2D eigenvalue weighted by Gasteiger charge is -2.37. The molecular weight excluding hydrogens is 234 g/mol. The van der Waals surface area contributed by atoms with Gasteiger partial charge in [-0.2, -0.15) is 0 Å². The van der Waals surface area contributed by atoms with Crippen molar-refractivity contribution >= 4 is 11.8 Å². The van der Waals surface area contributed by atoms with E-state index >= 15 is 0 Å². The molecule has 1 saturated heterocycles. The Bertz CT molecular complexity index is 469. The molecule has 2 atom stereocenters. The molecule has 0 radical (unpaired) electrons. The molecule has 0 aromatic carbocycles. The van der Waals surface area contributed by atoms with Gasteiger partial charge < -0.3 is 14.6 Å². The van der Waals surface area contributed by atoms with Gasteiger partial charge in [0.25, 0.3) is 0 Å². The van der Waals surface area contributed by atoms with E-state index in [1.807, 2.05) is 13.8 Å². The van der Waals surface area contributed by atoms with Gasteiger partial charge in [0.05, 0.1) is 12.7 Å². The number of carbonyl (C=O) groups excluding carboxylic acids is 2. The van der Waals surface area contributed by atoms with Gasteiger partial charge in [0, 0.05) is 0 Å². The fraction of sp³-hybridized carbons (Fsp3) is 0.583. The molecule has 1 aliphatic heterocycles. The van der Waals surface area contributed by atoms with Crippen molar-refractivity contribution in [3.63, 3.8) is 0 Å². The Morgan fingerprint density at radius 1 is 1.61 bits per heavy atom. The third-order valence-electron chi connectivity index (χ3n) is 3.14. The molecule has 1 fully saturated rings. The number of amides is 2. The van der Waals surface area contributed by atoms with Crippen LogP contribution in [0.25, 0.3) is 0 Å². The maximum Gasteiger partial charge on any atom is 0.243 e. The van der Waals surface area contributed by atoms with Crippen LogP contribution in [-0.2, 0) is 9.59 Å². The molecule has 6 heteroatoms. The summed E-state index contributed by atoms with van der Waals surface area (Å²) in [5, 5.41) is 2.59. The molecule has 2 unspecified atom stereocenters. The number of nitrogens with zero attached hydrogens (tertiary/aromatic N) is 2. The first kappa shape index (κ1) is 12.6. The van der Waals surface area contributed by atoms with Crippen LogP contribution in [0.15, 0.2) is 10.6 Å². The molecule has 0 bridgehead atoms. The molecule has 0 spiro atoms. The smallest absolute Gasteiger partial charge is 0.243 e. The Kier molecular flexibility index (Phi) is 3.36. The summed E-state index contributed by atoms with van der Waals surface area (Å²) in [6.45, 7) is 5.54. The van der Waals surface area contributed by atoms with Gasteiger partial charge in [-0.25, -0.2) is 4.98 Å². The third-order valence-corrected chi connectivity index (χ3v) is 3.14. The van der Waals surface area contributed by atoms with Crippen LogP contribution in [0.4, 0.5) is 0 Å². The Labute approximate surface area is 105 Å². The van der Waals surface area contributed by atoms with Gasteiger partial charge in [0.15, 0.2) is 0 Å². The highest BCUT2D eigenvalue weighted by molar-refractivity contribution is 5.94. The van der Waals surface area contributed by atoms with Gasteiger partial charge in [-0.05, 0) is 20.3 Å². The second-order valence-electron chi connectivity index (χ2n) is 4.43. The standard InChI is InChI=1S/C12H17N3O3/c1-4-9-11(17)13-6-10(16)15(9)8(3)12-14-5-7(2)18-12/h5,8-9H,4,6H2,1-3H3,(H,13,17). The van der Waals surface area contributed by atoms with Crippen molar-refractivity contribution in [1.29, 1.82) is 0 Å². The van der Waals surface area contributed by atoms with E-state index < -0.39 is 6.04 Å². The molecule has 2 rings (SSSR count).